The molecule has 0 aromatic carbocycles. The van der Waals surface area contributed by atoms with Gasteiger partial charge >= 0.3 is 5.69 Å². The van der Waals surface area contributed by atoms with Gasteiger partial charge in [-0.15, -0.1) is 0 Å². The van der Waals surface area contributed by atoms with E-state index >= 15 is 0 Å². The minimum absolute atomic E-state index is 0.136. The van der Waals surface area contributed by atoms with Crippen molar-refractivity contribution in [2.45, 2.75) is 45.4 Å². The van der Waals surface area contributed by atoms with E-state index < -0.39 is 0 Å². The highest BCUT2D eigenvalue weighted by atomic mass is 16.6. The average Bonchev–Trinajstić information content (AvgIpc) is 2.97. The molecule has 1 aliphatic rings. The number of rotatable bonds is 6. The van der Waals surface area contributed by atoms with Crippen LogP contribution < -0.4 is 5.32 Å². The molecule has 6 heteroatoms. The van der Waals surface area contributed by atoms with Crippen molar-refractivity contribution in [3.8, 4) is 0 Å². The summed E-state index contributed by atoms with van der Waals surface area (Å²) in [5.41, 5.74) is 0.687. The van der Waals surface area contributed by atoms with Crippen molar-refractivity contribution < 1.29 is 4.92 Å². The van der Waals surface area contributed by atoms with Gasteiger partial charge in [0.1, 0.15) is 5.69 Å². The summed E-state index contributed by atoms with van der Waals surface area (Å²) < 4.78 is 1.59. The van der Waals surface area contributed by atoms with Gasteiger partial charge in [-0.1, -0.05) is 32.6 Å². The standard InChI is InChI=1S/C13H22N4O2/c1-3-11-12(17(18)19)13(16(2)15-11)14-9-8-10-6-4-5-7-10/h10,14H,3-9H2,1-2H3. The molecule has 1 saturated carbocycles. The van der Waals surface area contributed by atoms with E-state index in [2.05, 4.69) is 10.4 Å². The summed E-state index contributed by atoms with van der Waals surface area (Å²) in [4.78, 5) is 10.8. The maximum atomic E-state index is 11.1. The summed E-state index contributed by atoms with van der Waals surface area (Å²) in [6, 6.07) is 0. The maximum Gasteiger partial charge on any atom is 0.333 e. The fourth-order valence-electron chi connectivity index (χ4n) is 2.89. The Balaban J connectivity index is 2.02. The first kappa shape index (κ1) is 13.8. The molecule has 0 bridgehead atoms. The first-order valence-electron chi connectivity index (χ1n) is 7.07. The highest BCUT2D eigenvalue weighted by Crippen LogP contribution is 2.30. The number of hydrogen-bond donors (Lipinski definition) is 1. The van der Waals surface area contributed by atoms with Crippen molar-refractivity contribution in [1.29, 1.82) is 0 Å². The molecule has 19 heavy (non-hydrogen) atoms. The van der Waals surface area contributed by atoms with E-state index in [1.54, 1.807) is 11.7 Å². The molecule has 6 nitrogen and oxygen atoms in total. The van der Waals surface area contributed by atoms with Gasteiger partial charge in [-0.25, -0.2) is 4.68 Å². The molecule has 0 aliphatic heterocycles. The Labute approximate surface area is 113 Å². The fourth-order valence-corrected chi connectivity index (χ4v) is 2.89. The van der Waals surface area contributed by atoms with Crippen LogP contribution in [0.25, 0.3) is 0 Å². The third-order valence-corrected chi connectivity index (χ3v) is 3.93. The van der Waals surface area contributed by atoms with Crippen LogP contribution in [-0.4, -0.2) is 21.2 Å². The molecule has 1 aliphatic carbocycles. The largest absolute Gasteiger partial charge is 0.365 e. The summed E-state index contributed by atoms with van der Waals surface area (Å²) in [6.07, 6.45) is 6.93. The van der Waals surface area contributed by atoms with Crippen molar-refractivity contribution in [3.63, 3.8) is 0 Å². The van der Waals surface area contributed by atoms with E-state index in [9.17, 15) is 10.1 Å². The Hall–Kier alpha value is -1.59. The van der Waals surface area contributed by atoms with Crippen LogP contribution in [0.3, 0.4) is 0 Å². The smallest absolute Gasteiger partial charge is 0.333 e. The lowest BCUT2D eigenvalue weighted by Crippen LogP contribution is -2.10. The summed E-state index contributed by atoms with van der Waals surface area (Å²) in [5.74, 6) is 1.32. The van der Waals surface area contributed by atoms with E-state index in [-0.39, 0.29) is 10.6 Å². The molecule has 2 rings (SSSR count). The first-order chi connectivity index (χ1) is 9.13. The molecule has 0 radical (unpaired) electrons. The Morgan fingerprint density at radius 3 is 2.74 bits per heavy atom. The van der Waals surface area contributed by atoms with Gasteiger partial charge in [0.05, 0.1) is 4.92 Å². The Kier molecular flexibility index (Phi) is 4.39. The molecule has 0 atom stereocenters. The lowest BCUT2D eigenvalue weighted by Gasteiger charge is -2.10. The van der Waals surface area contributed by atoms with E-state index in [1.165, 1.54) is 25.7 Å². The number of nitrogens with one attached hydrogen (secondary N) is 1. The van der Waals surface area contributed by atoms with Crippen LogP contribution in [0.1, 0.15) is 44.7 Å². The second-order valence-electron chi connectivity index (χ2n) is 5.24. The lowest BCUT2D eigenvalue weighted by molar-refractivity contribution is -0.384. The fraction of sp³-hybridized carbons (Fsp3) is 0.769. The zero-order valence-corrected chi connectivity index (χ0v) is 11.7. The van der Waals surface area contributed by atoms with Gasteiger partial charge in [-0.2, -0.15) is 5.10 Å². The van der Waals surface area contributed by atoms with Gasteiger partial charge in [0.25, 0.3) is 0 Å². The van der Waals surface area contributed by atoms with E-state index in [0.29, 0.717) is 17.9 Å². The van der Waals surface area contributed by atoms with Crippen molar-refractivity contribution in [3.05, 3.63) is 15.8 Å². The van der Waals surface area contributed by atoms with Crippen LogP contribution in [0.5, 0.6) is 0 Å². The van der Waals surface area contributed by atoms with Gasteiger partial charge in [0.2, 0.25) is 5.82 Å². The molecule has 1 aromatic heterocycles. The second kappa shape index (κ2) is 6.04. The molecular weight excluding hydrogens is 244 g/mol. The molecule has 1 fully saturated rings. The zero-order chi connectivity index (χ0) is 13.8. The van der Waals surface area contributed by atoms with E-state index in [0.717, 1.165) is 18.9 Å². The minimum atomic E-state index is -0.330. The number of nitrogens with zero attached hydrogens (tertiary/aromatic N) is 3. The van der Waals surface area contributed by atoms with Crippen molar-refractivity contribution in [2.75, 3.05) is 11.9 Å². The molecule has 106 valence electrons. The molecule has 0 saturated heterocycles. The van der Waals surface area contributed by atoms with Crippen LogP contribution in [0, 0.1) is 16.0 Å². The van der Waals surface area contributed by atoms with Gasteiger partial charge in [-0.3, -0.25) is 10.1 Å². The van der Waals surface area contributed by atoms with Gasteiger partial charge in [-0.05, 0) is 18.8 Å². The number of nitro groups is 1. The molecular formula is C13H22N4O2. The highest BCUT2D eigenvalue weighted by Gasteiger charge is 2.25. The van der Waals surface area contributed by atoms with Gasteiger partial charge in [0, 0.05) is 13.6 Å². The monoisotopic (exact) mass is 266 g/mol. The maximum absolute atomic E-state index is 11.1. The third kappa shape index (κ3) is 3.05. The van der Waals surface area contributed by atoms with Gasteiger partial charge < -0.3 is 5.32 Å². The third-order valence-electron chi connectivity index (χ3n) is 3.93. The summed E-state index contributed by atoms with van der Waals surface area (Å²) in [6.45, 7) is 2.67. The quantitative estimate of drug-likeness (QED) is 0.634. The van der Waals surface area contributed by atoms with Crippen LogP contribution in [0.4, 0.5) is 11.5 Å². The highest BCUT2D eigenvalue weighted by molar-refractivity contribution is 5.59. The van der Waals surface area contributed by atoms with Crippen LogP contribution in [0.2, 0.25) is 0 Å². The minimum Gasteiger partial charge on any atom is -0.365 e. The van der Waals surface area contributed by atoms with Crippen LogP contribution in [-0.2, 0) is 13.5 Å². The van der Waals surface area contributed by atoms with E-state index in [4.69, 9.17) is 0 Å². The SMILES string of the molecule is CCc1nn(C)c(NCCC2CCCC2)c1[N+](=O)[O-]. The second-order valence-corrected chi connectivity index (χ2v) is 5.24. The Bertz CT molecular complexity index is 450. The van der Waals surface area contributed by atoms with E-state index in [1.807, 2.05) is 6.92 Å². The van der Waals surface area contributed by atoms with Crippen molar-refractivity contribution in [1.82, 2.24) is 9.78 Å². The predicted molar refractivity (Wildman–Crippen MR) is 74.3 cm³/mol. The first-order valence-corrected chi connectivity index (χ1v) is 7.07. The van der Waals surface area contributed by atoms with Crippen LogP contribution in [0.15, 0.2) is 0 Å². The number of aryl methyl sites for hydroxylation is 2. The van der Waals surface area contributed by atoms with Crippen LogP contribution >= 0.6 is 0 Å². The molecule has 1 N–H and O–H groups in total. The Morgan fingerprint density at radius 2 is 2.16 bits per heavy atom. The number of hydrogen-bond acceptors (Lipinski definition) is 4. The predicted octanol–water partition coefficient (Wildman–Crippen LogP) is 2.88. The molecule has 1 aromatic rings. The molecule has 0 unspecified atom stereocenters. The molecule has 1 heterocycles. The Morgan fingerprint density at radius 1 is 1.47 bits per heavy atom. The summed E-state index contributed by atoms with van der Waals surface area (Å²) >= 11 is 0. The zero-order valence-electron chi connectivity index (χ0n) is 11.7. The number of aromatic nitrogens is 2. The summed E-state index contributed by atoms with van der Waals surface area (Å²) in [7, 11) is 1.75. The summed E-state index contributed by atoms with van der Waals surface area (Å²) in [5, 5.41) is 18.6. The molecule has 0 spiro atoms. The lowest BCUT2D eigenvalue weighted by atomic mass is 10.0. The normalized spacial score (nSPS) is 15.9. The molecule has 0 amide bonds. The topological polar surface area (TPSA) is 73.0 Å². The van der Waals surface area contributed by atoms with Gasteiger partial charge in [0.15, 0.2) is 0 Å². The van der Waals surface area contributed by atoms with Crippen molar-refractivity contribution in [2.24, 2.45) is 13.0 Å². The average molecular weight is 266 g/mol. The van der Waals surface area contributed by atoms with Crippen molar-refractivity contribution >= 4 is 11.5 Å². The number of anilines is 1.